The highest BCUT2D eigenvalue weighted by Crippen LogP contribution is 2.35. The van der Waals surface area contributed by atoms with E-state index in [1.54, 1.807) is 0 Å². The number of rotatable bonds is 4. The van der Waals surface area contributed by atoms with Gasteiger partial charge in [0.15, 0.2) is 5.82 Å². The summed E-state index contributed by atoms with van der Waals surface area (Å²) in [5.41, 5.74) is 16.8. The fraction of sp³-hybridized carbons (Fsp3) is 0.0476. The summed E-state index contributed by atoms with van der Waals surface area (Å²) in [5, 5.41) is 13.5. The molecule has 7 N–H and O–H groups in total. The van der Waals surface area contributed by atoms with Crippen molar-refractivity contribution in [2.45, 2.75) is 6.54 Å². The molecule has 1 heterocycles. The minimum atomic E-state index is -0.322. The molecule has 4 aromatic rings. The van der Waals surface area contributed by atoms with Crippen LogP contribution in [0.3, 0.4) is 0 Å². The maximum atomic E-state index is 12.3. The maximum Gasteiger partial charge on any atom is 0.323 e. The first kappa shape index (κ1) is 19.0. The van der Waals surface area contributed by atoms with Crippen molar-refractivity contribution in [1.82, 2.24) is 10.2 Å². The molecule has 8 heteroatoms. The largest absolute Gasteiger partial charge is 0.382 e. The van der Waals surface area contributed by atoms with Gasteiger partial charge in [0.25, 0.3) is 0 Å². The molecule has 4 rings (SSSR count). The highest BCUT2D eigenvalue weighted by Gasteiger charge is 2.12. The van der Waals surface area contributed by atoms with E-state index in [4.69, 9.17) is 11.5 Å². The summed E-state index contributed by atoms with van der Waals surface area (Å²) in [5.74, 6) is 0.442. The van der Waals surface area contributed by atoms with Crippen molar-refractivity contribution in [3.05, 3.63) is 70.7 Å². The van der Waals surface area contributed by atoms with Gasteiger partial charge in [0.1, 0.15) is 0 Å². The zero-order valence-corrected chi connectivity index (χ0v) is 17.0. The van der Waals surface area contributed by atoms with Crippen LogP contribution in [0.1, 0.15) is 5.56 Å². The number of aromatic amines is 1. The predicted octanol–water partition coefficient (Wildman–Crippen LogP) is 4.68. The van der Waals surface area contributed by atoms with E-state index in [0.29, 0.717) is 23.7 Å². The number of anilines is 3. The first-order valence-electron chi connectivity index (χ1n) is 8.94. The monoisotopic (exact) mass is 450 g/mol. The lowest BCUT2D eigenvalue weighted by atomic mass is 10.0. The first-order valence-corrected chi connectivity index (χ1v) is 9.74. The highest BCUT2D eigenvalue weighted by molar-refractivity contribution is 9.10. The molecule has 0 atom stereocenters. The third-order valence-electron chi connectivity index (χ3n) is 4.57. The SMILES string of the molecule is NCc1cccc(NC(=O)Nc2ccc(-c3ccc(Br)c4[nH]nc(N)c34)cc2)c1. The van der Waals surface area contributed by atoms with Crippen LogP contribution < -0.4 is 22.1 Å². The minimum Gasteiger partial charge on any atom is -0.382 e. The van der Waals surface area contributed by atoms with E-state index >= 15 is 0 Å². The van der Waals surface area contributed by atoms with Gasteiger partial charge in [-0.1, -0.05) is 30.3 Å². The average Bonchev–Trinajstić information content (AvgIpc) is 3.12. The second-order valence-corrected chi connectivity index (χ2v) is 7.37. The van der Waals surface area contributed by atoms with Crippen LogP contribution in [-0.4, -0.2) is 16.2 Å². The molecule has 0 aliphatic carbocycles. The van der Waals surface area contributed by atoms with Crippen LogP contribution in [0, 0.1) is 0 Å². The minimum absolute atomic E-state index is 0.322. The van der Waals surface area contributed by atoms with E-state index in [0.717, 1.165) is 32.1 Å². The number of carbonyl (C=O) groups excluding carboxylic acids is 1. The van der Waals surface area contributed by atoms with Gasteiger partial charge in [-0.15, -0.1) is 0 Å². The van der Waals surface area contributed by atoms with Gasteiger partial charge in [0, 0.05) is 22.4 Å². The molecule has 2 amide bonds. The van der Waals surface area contributed by atoms with E-state index < -0.39 is 0 Å². The van der Waals surface area contributed by atoms with Crippen molar-refractivity contribution in [2.75, 3.05) is 16.4 Å². The Morgan fingerprint density at radius 2 is 1.79 bits per heavy atom. The smallest absolute Gasteiger partial charge is 0.323 e. The van der Waals surface area contributed by atoms with Gasteiger partial charge in [0.2, 0.25) is 0 Å². The summed E-state index contributed by atoms with van der Waals surface area (Å²) in [7, 11) is 0. The Kier molecular flexibility index (Phi) is 5.20. The Morgan fingerprint density at radius 1 is 1.03 bits per heavy atom. The van der Waals surface area contributed by atoms with Crippen LogP contribution in [0.2, 0.25) is 0 Å². The Bertz CT molecular complexity index is 1190. The summed E-state index contributed by atoms with van der Waals surface area (Å²) in [6.45, 7) is 0.420. The molecule has 0 aliphatic rings. The Labute approximate surface area is 175 Å². The van der Waals surface area contributed by atoms with E-state index in [9.17, 15) is 4.79 Å². The average molecular weight is 451 g/mol. The lowest BCUT2D eigenvalue weighted by Gasteiger charge is -2.10. The number of nitrogens with two attached hydrogens (primary N) is 2. The molecule has 0 bridgehead atoms. The van der Waals surface area contributed by atoms with Crippen molar-refractivity contribution in [1.29, 1.82) is 0 Å². The van der Waals surface area contributed by atoms with Gasteiger partial charge in [0.05, 0.1) is 10.9 Å². The van der Waals surface area contributed by atoms with Crippen LogP contribution in [0.5, 0.6) is 0 Å². The number of halogens is 1. The van der Waals surface area contributed by atoms with Crippen molar-refractivity contribution < 1.29 is 4.79 Å². The number of urea groups is 1. The van der Waals surface area contributed by atoms with Gasteiger partial charge < -0.3 is 22.1 Å². The summed E-state index contributed by atoms with van der Waals surface area (Å²) in [6.07, 6.45) is 0. The number of fused-ring (bicyclic) bond motifs is 1. The number of nitrogen functional groups attached to an aromatic ring is 1. The number of hydrogen-bond donors (Lipinski definition) is 5. The topological polar surface area (TPSA) is 122 Å². The van der Waals surface area contributed by atoms with Crippen LogP contribution in [-0.2, 0) is 6.54 Å². The van der Waals surface area contributed by atoms with Crippen molar-refractivity contribution in [3.8, 4) is 11.1 Å². The second kappa shape index (κ2) is 7.94. The van der Waals surface area contributed by atoms with Gasteiger partial charge >= 0.3 is 6.03 Å². The number of carbonyl (C=O) groups is 1. The summed E-state index contributed by atoms with van der Waals surface area (Å²) >= 11 is 3.50. The molecule has 0 unspecified atom stereocenters. The zero-order chi connectivity index (χ0) is 20.4. The second-order valence-electron chi connectivity index (χ2n) is 6.51. The van der Waals surface area contributed by atoms with Crippen molar-refractivity contribution >= 4 is 50.1 Å². The molecule has 0 aliphatic heterocycles. The molecule has 7 nitrogen and oxygen atoms in total. The number of hydrogen-bond acceptors (Lipinski definition) is 4. The highest BCUT2D eigenvalue weighted by atomic mass is 79.9. The van der Waals surface area contributed by atoms with Crippen LogP contribution in [0.15, 0.2) is 65.1 Å². The van der Waals surface area contributed by atoms with E-state index in [-0.39, 0.29) is 6.03 Å². The predicted molar refractivity (Wildman–Crippen MR) is 121 cm³/mol. The fourth-order valence-electron chi connectivity index (χ4n) is 3.17. The van der Waals surface area contributed by atoms with Gasteiger partial charge in [-0.2, -0.15) is 5.10 Å². The number of benzene rings is 3. The molecule has 1 aromatic heterocycles. The van der Waals surface area contributed by atoms with Gasteiger partial charge in [-0.05, 0) is 63.0 Å². The number of amides is 2. The first-order chi connectivity index (χ1) is 14.0. The number of nitrogens with zero attached hydrogens (tertiary/aromatic N) is 1. The molecule has 146 valence electrons. The molecular formula is C21H19BrN6O. The molecule has 0 saturated heterocycles. The lowest BCUT2D eigenvalue weighted by Crippen LogP contribution is -2.19. The summed E-state index contributed by atoms with van der Waals surface area (Å²) < 4.78 is 0.897. The number of H-pyrrole nitrogens is 1. The van der Waals surface area contributed by atoms with Gasteiger partial charge in [-0.25, -0.2) is 4.79 Å². The van der Waals surface area contributed by atoms with Crippen molar-refractivity contribution in [2.24, 2.45) is 5.73 Å². The molecule has 29 heavy (non-hydrogen) atoms. The lowest BCUT2D eigenvalue weighted by molar-refractivity contribution is 0.262. The molecule has 0 radical (unpaired) electrons. The van der Waals surface area contributed by atoms with Crippen LogP contribution in [0.4, 0.5) is 22.0 Å². The van der Waals surface area contributed by atoms with Gasteiger partial charge in [-0.3, -0.25) is 5.10 Å². The third kappa shape index (κ3) is 3.94. The Hall–Kier alpha value is -3.36. The summed E-state index contributed by atoms with van der Waals surface area (Å²) in [6, 6.07) is 18.6. The molecule has 3 aromatic carbocycles. The molecule has 0 fully saturated rings. The molecule has 0 spiro atoms. The van der Waals surface area contributed by atoms with E-state index in [1.165, 1.54) is 0 Å². The van der Waals surface area contributed by atoms with Crippen LogP contribution in [0.25, 0.3) is 22.0 Å². The molecular weight excluding hydrogens is 432 g/mol. The maximum absolute atomic E-state index is 12.3. The van der Waals surface area contributed by atoms with E-state index in [1.807, 2.05) is 60.7 Å². The van der Waals surface area contributed by atoms with Crippen LogP contribution >= 0.6 is 15.9 Å². The molecule has 0 saturated carbocycles. The van der Waals surface area contributed by atoms with E-state index in [2.05, 4.69) is 36.8 Å². The Balaban J connectivity index is 1.52. The van der Waals surface area contributed by atoms with Crippen molar-refractivity contribution in [3.63, 3.8) is 0 Å². The number of nitrogens with one attached hydrogen (secondary N) is 3. The number of aromatic nitrogens is 2. The zero-order valence-electron chi connectivity index (χ0n) is 15.4. The fourth-order valence-corrected chi connectivity index (χ4v) is 3.59. The Morgan fingerprint density at radius 3 is 2.55 bits per heavy atom. The quantitative estimate of drug-likeness (QED) is 0.309. The normalized spacial score (nSPS) is 10.8. The standard InChI is InChI=1S/C21H19BrN6O/c22-17-9-8-16(18-19(17)27-28-20(18)24)13-4-6-14(7-5-13)25-21(29)26-15-3-1-2-12(10-15)11-23/h1-10H,11,23H2,(H3,24,27,28)(H2,25,26,29). The summed E-state index contributed by atoms with van der Waals surface area (Å²) in [4.78, 5) is 12.3. The third-order valence-corrected chi connectivity index (χ3v) is 5.23.